The van der Waals surface area contributed by atoms with Gasteiger partial charge >= 0.3 is 0 Å². The van der Waals surface area contributed by atoms with Gasteiger partial charge in [0.2, 0.25) is 0 Å². The molecule has 0 aliphatic carbocycles. The molecule has 1 amide bonds. The van der Waals surface area contributed by atoms with Gasteiger partial charge in [-0.05, 0) is 31.9 Å². The van der Waals surface area contributed by atoms with Gasteiger partial charge in [-0.1, -0.05) is 13.8 Å². The summed E-state index contributed by atoms with van der Waals surface area (Å²) in [4.78, 5) is 16.0. The molecule has 1 aromatic rings. The first-order valence-corrected chi connectivity index (χ1v) is 6.22. The van der Waals surface area contributed by atoms with Gasteiger partial charge in [0, 0.05) is 24.5 Å². The zero-order chi connectivity index (χ0) is 12.7. The van der Waals surface area contributed by atoms with Crippen molar-refractivity contribution in [2.75, 3.05) is 11.9 Å². The monoisotopic (exact) mass is 235 g/mol. The van der Waals surface area contributed by atoms with Gasteiger partial charge in [0.1, 0.15) is 5.69 Å². The molecule has 1 heterocycles. The number of nitrogens with zero attached hydrogens (tertiary/aromatic N) is 1. The van der Waals surface area contributed by atoms with Crippen molar-refractivity contribution in [3.63, 3.8) is 0 Å². The van der Waals surface area contributed by atoms with E-state index in [1.165, 1.54) is 0 Å². The van der Waals surface area contributed by atoms with Gasteiger partial charge in [-0.25, -0.2) is 0 Å². The van der Waals surface area contributed by atoms with Crippen LogP contribution in [0.25, 0.3) is 0 Å². The number of nitrogens with one attached hydrogen (secondary N) is 2. The molecule has 17 heavy (non-hydrogen) atoms. The topological polar surface area (TPSA) is 54.0 Å². The Hall–Kier alpha value is -1.58. The van der Waals surface area contributed by atoms with Gasteiger partial charge in [0.15, 0.2) is 0 Å². The third-order valence-corrected chi connectivity index (χ3v) is 2.69. The molecule has 0 spiro atoms. The number of aromatic nitrogens is 1. The van der Waals surface area contributed by atoms with E-state index in [-0.39, 0.29) is 11.9 Å². The molecular formula is C13H21N3O. The van der Waals surface area contributed by atoms with Crippen LogP contribution >= 0.6 is 0 Å². The minimum absolute atomic E-state index is 0.0987. The van der Waals surface area contributed by atoms with Gasteiger partial charge in [-0.15, -0.1) is 0 Å². The summed E-state index contributed by atoms with van der Waals surface area (Å²) in [5, 5.41) is 6.14. The largest absolute Gasteiger partial charge is 0.385 e. The highest BCUT2D eigenvalue weighted by Crippen LogP contribution is 2.08. The Labute approximate surface area is 103 Å². The molecular weight excluding hydrogens is 214 g/mol. The predicted molar refractivity (Wildman–Crippen MR) is 70.2 cm³/mol. The fraction of sp³-hybridized carbons (Fsp3) is 0.538. The zero-order valence-electron chi connectivity index (χ0n) is 10.8. The highest BCUT2D eigenvalue weighted by molar-refractivity contribution is 5.93. The highest BCUT2D eigenvalue weighted by Gasteiger charge is 2.11. The molecule has 0 unspecified atom stereocenters. The van der Waals surface area contributed by atoms with Gasteiger partial charge in [0.05, 0.1) is 0 Å². The summed E-state index contributed by atoms with van der Waals surface area (Å²) in [7, 11) is 0. The first kappa shape index (κ1) is 13.5. The van der Waals surface area contributed by atoms with Crippen molar-refractivity contribution in [2.24, 2.45) is 0 Å². The molecule has 94 valence electrons. The molecule has 2 N–H and O–H groups in total. The molecule has 0 aliphatic rings. The maximum atomic E-state index is 11.9. The average molecular weight is 235 g/mol. The van der Waals surface area contributed by atoms with Crippen LogP contribution in [-0.4, -0.2) is 23.5 Å². The van der Waals surface area contributed by atoms with Crippen molar-refractivity contribution in [1.29, 1.82) is 0 Å². The highest BCUT2D eigenvalue weighted by atomic mass is 16.1. The molecule has 1 aromatic heterocycles. The number of carbonyl (C=O) groups is 1. The minimum atomic E-state index is -0.0987. The maximum absolute atomic E-state index is 11.9. The van der Waals surface area contributed by atoms with Gasteiger partial charge < -0.3 is 10.6 Å². The minimum Gasteiger partial charge on any atom is -0.385 e. The summed E-state index contributed by atoms with van der Waals surface area (Å²) in [6.07, 6.45) is 3.53. The summed E-state index contributed by atoms with van der Waals surface area (Å²) in [5.41, 5.74) is 1.40. The van der Waals surface area contributed by atoms with Crippen LogP contribution < -0.4 is 10.6 Å². The Morgan fingerprint density at radius 3 is 2.65 bits per heavy atom. The normalized spacial score (nSPS) is 10.4. The second kappa shape index (κ2) is 6.89. The molecule has 0 saturated carbocycles. The molecule has 0 radical (unpaired) electrons. The van der Waals surface area contributed by atoms with Crippen LogP contribution in [0.4, 0.5) is 5.69 Å². The van der Waals surface area contributed by atoms with Gasteiger partial charge in [0.25, 0.3) is 5.91 Å². The van der Waals surface area contributed by atoms with Gasteiger partial charge in [-0.3, -0.25) is 9.78 Å². The number of carbonyl (C=O) groups excluding carboxylic acids is 1. The number of rotatable bonds is 6. The quantitative estimate of drug-likeness (QED) is 0.796. The second-order valence-corrected chi connectivity index (χ2v) is 3.95. The van der Waals surface area contributed by atoms with Crippen LogP contribution in [0.3, 0.4) is 0 Å². The summed E-state index contributed by atoms with van der Waals surface area (Å²) >= 11 is 0. The maximum Gasteiger partial charge on any atom is 0.270 e. The Morgan fingerprint density at radius 2 is 2.06 bits per heavy atom. The Kier molecular flexibility index (Phi) is 5.46. The number of hydrogen-bond donors (Lipinski definition) is 2. The Bertz CT molecular complexity index is 361. The lowest BCUT2D eigenvalue weighted by atomic mass is 10.1. The Morgan fingerprint density at radius 1 is 1.35 bits per heavy atom. The van der Waals surface area contributed by atoms with Crippen LogP contribution in [-0.2, 0) is 0 Å². The molecule has 4 heteroatoms. The van der Waals surface area contributed by atoms with E-state index in [9.17, 15) is 4.79 Å². The van der Waals surface area contributed by atoms with E-state index >= 15 is 0 Å². The lowest BCUT2D eigenvalue weighted by Crippen LogP contribution is -2.34. The zero-order valence-corrected chi connectivity index (χ0v) is 10.8. The molecule has 4 nitrogen and oxygen atoms in total. The summed E-state index contributed by atoms with van der Waals surface area (Å²) in [6, 6.07) is 3.87. The van der Waals surface area contributed by atoms with Crippen molar-refractivity contribution in [3.8, 4) is 0 Å². The molecule has 0 fully saturated rings. The van der Waals surface area contributed by atoms with Crippen LogP contribution in [0.1, 0.15) is 44.1 Å². The molecule has 0 aromatic carbocycles. The van der Waals surface area contributed by atoms with Crippen molar-refractivity contribution < 1.29 is 4.79 Å². The molecule has 0 atom stereocenters. The van der Waals surface area contributed by atoms with E-state index in [0.29, 0.717) is 5.69 Å². The molecule has 0 aliphatic heterocycles. The van der Waals surface area contributed by atoms with Crippen LogP contribution in [0.5, 0.6) is 0 Å². The molecule has 0 bridgehead atoms. The van der Waals surface area contributed by atoms with Crippen LogP contribution in [0.2, 0.25) is 0 Å². The van der Waals surface area contributed by atoms with Gasteiger partial charge in [-0.2, -0.15) is 0 Å². The van der Waals surface area contributed by atoms with Crippen molar-refractivity contribution >= 4 is 11.6 Å². The van der Waals surface area contributed by atoms with E-state index in [4.69, 9.17) is 0 Å². The smallest absolute Gasteiger partial charge is 0.270 e. The van der Waals surface area contributed by atoms with E-state index in [0.717, 1.165) is 25.1 Å². The first-order chi connectivity index (χ1) is 8.21. The lowest BCUT2D eigenvalue weighted by molar-refractivity contribution is 0.0930. The summed E-state index contributed by atoms with van der Waals surface area (Å²) in [6.45, 7) is 6.98. The molecule has 1 rings (SSSR count). The lowest BCUT2D eigenvalue weighted by Gasteiger charge is -2.14. The van der Waals surface area contributed by atoms with Crippen molar-refractivity contribution in [3.05, 3.63) is 24.0 Å². The fourth-order valence-corrected chi connectivity index (χ4v) is 1.62. The SMILES string of the molecule is CCNc1ccnc(C(=O)NC(CC)CC)c1. The second-order valence-electron chi connectivity index (χ2n) is 3.95. The number of anilines is 1. The first-order valence-electron chi connectivity index (χ1n) is 6.22. The van der Waals surface area contributed by atoms with Crippen molar-refractivity contribution in [2.45, 2.75) is 39.7 Å². The van der Waals surface area contributed by atoms with Crippen molar-refractivity contribution in [1.82, 2.24) is 10.3 Å². The molecule has 0 saturated heterocycles. The van der Waals surface area contributed by atoms with E-state index in [1.54, 1.807) is 12.3 Å². The van der Waals surface area contributed by atoms with E-state index in [1.807, 2.05) is 13.0 Å². The third-order valence-electron chi connectivity index (χ3n) is 2.69. The number of pyridine rings is 1. The summed E-state index contributed by atoms with van der Waals surface area (Å²) in [5.74, 6) is -0.0987. The van der Waals surface area contributed by atoms with Crippen LogP contribution in [0, 0.1) is 0 Å². The summed E-state index contributed by atoms with van der Waals surface area (Å²) < 4.78 is 0. The third kappa shape index (κ3) is 4.06. The fourth-order valence-electron chi connectivity index (χ4n) is 1.62. The van der Waals surface area contributed by atoms with Crippen LogP contribution in [0.15, 0.2) is 18.3 Å². The number of hydrogen-bond acceptors (Lipinski definition) is 3. The predicted octanol–water partition coefficient (Wildman–Crippen LogP) is 2.43. The average Bonchev–Trinajstić information content (AvgIpc) is 2.36. The Balaban J connectivity index is 2.71. The van der Waals surface area contributed by atoms with E-state index < -0.39 is 0 Å². The van der Waals surface area contributed by atoms with E-state index in [2.05, 4.69) is 29.5 Å². The number of amides is 1. The standard InChI is InChI=1S/C13H21N3O/c1-4-10(5-2)16-13(17)12-9-11(14-6-3)7-8-15-12/h7-10H,4-6H2,1-3H3,(H,14,15)(H,16,17).